The van der Waals surface area contributed by atoms with Crippen LogP contribution in [0, 0.1) is 13.8 Å². The van der Waals surface area contributed by atoms with Gasteiger partial charge in [-0.1, -0.05) is 48.5 Å². The minimum absolute atomic E-state index is 0.337. The van der Waals surface area contributed by atoms with E-state index in [2.05, 4.69) is 96.0 Å². The smallest absolute Gasteiger partial charge is 0.400 e. The number of aryl methyl sites for hydroxylation is 2. The molecule has 1 aliphatic heterocycles. The summed E-state index contributed by atoms with van der Waals surface area (Å²) in [6.45, 7) is 12.6. The van der Waals surface area contributed by atoms with Crippen LogP contribution in [0.25, 0.3) is 5.57 Å². The maximum atomic E-state index is 6.22. The monoisotopic (exact) mass is 334 g/mol. The molecule has 0 amide bonds. The van der Waals surface area contributed by atoms with E-state index < -0.39 is 0 Å². The van der Waals surface area contributed by atoms with E-state index in [-0.39, 0.29) is 18.3 Å². The third-order valence-corrected chi connectivity index (χ3v) is 5.44. The van der Waals surface area contributed by atoms with Crippen molar-refractivity contribution in [3.05, 3.63) is 76.8 Å². The highest BCUT2D eigenvalue weighted by molar-refractivity contribution is 6.53. The van der Waals surface area contributed by atoms with E-state index in [4.69, 9.17) is 9.31 Å². The zero-order chi connectivity index (χ0) is 18.2. The van der Waals surface area contributed by atoms with Crippen LogP contribution < -0.4 is 0 Å². The summed E-state index contributed by atoms with van der Waals surface area (Å²) in [5.41, 5.74) is 5.41. The van der Waals surface area contributed by atoms with Crippen molar-refractivity contribution in [2.45, 2.75) is 52.7 Å². The molecule has 1 heterocycles. The fourth-order valence-electron chi connectivity index (χ4n) is 3.17. The van der Waals surface area contributed by atoms with Gasteiger partial charge in [0.2, 0.25) is 0 Å². The van der Waals surface area contributed by atoms with Crippen LogP contribution in [0.3, 0.4) is 0 Å². The normalized spacial score (nSPS) is 18.2. The number of hydrogen-bond donors (Lipinski definition) is 0. The van der Waals surface area contributed by atoms with Gasteiger partial charge in [-0.25, -0.2) is 0 Å². The average Bonchev–Trinajstić information content (AvgIpc) is 2.74. The molecule has 1 fully saturated rings. The summed E-state index contributed by atoms with van der Waals surface area (Å²) in [4.78, 5) is 0. The lowest BCUT2D eigenvalue weighted by atomic mass is 9.80. The van der Waals surface area contributed by atoms with Gasteiger partial charge < -0.3 is 9.31 Å². The Labute approximate surface area is 152 Å². The van der Waals surface area contributed by atoms with Gasteiger partial charge in [0.05, 0.1) is 11.2 Å². The number of rotatable bonds is 3. The van der Waals surface area contributed by atoms with Crippen molar-refractivity contribution in [1.82, 2.24) is 0 Å². The Kier molecular flexibility index (Phi) is 4.65. The predicted octanol–water partition coefficient (Wildman–Crippen LogP) is 5.37. The van der Waals surface area contributed by atoms with Crippen molar-refractivity contribution < 1.29 is 9.31 Å². The summed E-state index contributed by atoms with van der Waals surface area (Å²) >= 11 is 0. The van der Waals surface area contributed by atoms with Gasteiger partial charge in [-0.2, -0.15) is 0 Å². The molecule has 25 heavy (non-hydrogen) atoms. The van der Waals surface area contributed by atoms with Crippen LogP contribution in [0.15, 0.2) is 54.5 Å². The van der Waals surface area contributed by atoms with E-state index in [0.29, 0.717) is 0 Å². The van der Waals surface area contributed by atoms with Crippen LogP contribution in [0.2, 0.25) is 0 Å². The molecule has 0 spiro atoms. The largest absolute Gasteiger partial charge is 0.487 e. The molecule has 0 saturated carbocycles. The molecule has 1 saturated heterocycles. The Hall–Kier alpha value is -1.84. The molecule has 0 bridgehead atoms. The molecular formula is C22H27BO2. The molecule has 0 aromatic heterocycles. The van der Waals surface area contributed by atoms with Gasteiger partial charge in [0, 0.05) is 0 Å². The second kappa shape index (κ2) is 6.47. The van der Waals surface area contributed by atoms with Gasteiger partial charge in [0.15, 0.2) is 0 Å². The Morgan fingerprint density at radius 1 is 0.760 bits per heavy atom. The molecule has 2 aromatic rings. The summed E-state index contributed by atoms with van der Waals surface area (Å²) in [6.07, 6.45) is 0. The Morgan fingerprint density at radius 2 is 1.16 bits per heavy atom. The first-order valence-electron chi connectivity index (χ1n) is 8.91. The Bertz CT molecular complexity index is 742. The minimum atomic E-state index is -0.362. The first-order valence-corrected chi connectivity index (χ1v) is 8.91. The van der Waals surface area contributed by atoms with Crippen molar-refractivity contribution in [2.24, 2.45) is 0 Å². The minimum Gasteiger partial charge on any atom is -0.400 e. The van der Waals surface area contributed by atoms with Crippen LogP contribution in [-0.2, 0) is 9.31 Å². The van der Waals surface area contributed by atoms with E-state index in [0.717, 1.165) is 5.57 Å². The lowest BCUT2D eigenvalue weighted by Crippen LogP contribution is -2.41. The molecule has 0 atom stereocenters. The number of hydrogen-bond acceptors (Lipinski definition) is 2. The lowest BCUT2D eigenvalue weighted by molar-refractivity contribution is 0.00578. The fraction of sp³-hybridized carbons (Fsp3) is 0.364. The highest BCUT2D eigenvalue weighted by Gasteiger charge is 2.50. The second-order valence-corrected chi connectivity index (χ2v) is 7.83. The molecular weight excluding hydrogens is 307 g/mol. The average molecular weight is 334 g/mol. The highest BCUT2D eigenvalue weighted by Crippen LogP contribution is 2.38. The molecule has 130 valence electrons. The van der Waals surface area contributed by atoms with Crippen LogP contribution in [0.1, 0.15) is 49.9 Å². The topological polar surface area (TPSA) is 18.5 Å². The van der Waals surface area contributed by atoms with Crippen molar-refractivity contribution in [3.63, 3.8) is 0 Å². The van der Waals surface area contributed by atoms with Crippen LogP contribution in [-0.4, -0.2) is 18.3 Å². The van der Waals surface area contributed by atoms with Crippen molar-refractivity contribution in [2.75, 3.05) is 0 Å². The van der Waals surface area contributed by atoms with E-state index in [9.17, 15) is 0 Å². The maximum absolute atomic E-state index is 6.22. The van der Waals surface area contributed by atoms with Gasteiger partial charge >= 0.3 is 7.12 Å². The summed E-state index contributed by atoms with van der Waals surface area (Å²) < 4.78 is 12.4. The molecule has 0 aliphatic carbocycles. The zero-order valence-corrected chi connectivity index (χ0v) is 16.1. The molecule has 2 nitrogen and oxygen atoms in total. The number of benzene rings is 2. The first kappa shape index (κ1) is 18.0. The Balaban J connectivity index is 2.10. The highest BCUT2D eigenvalue weighted by atomic mass is 16.7. The zero-order valence-electron chi connectivity index (χ0n) is 16.1. The SMILES string of the molecule is Cc1ccccc1C(=CB1OC(C)(C)C(C)(C)O1)c1ccccc1C. The molecule has 1 aliphatic rings. The van der Waals surface area contributed by atoms with E-state index in [1.54, 1.807) is 0 Å². The van der Waals surface area contributed by atoms with Gasteiger partial charge in [-0.3, -0.25) is 0 Å². The summed E-state index contributed by atoms with van der Waals surface area (Å²) in [5.74, 6) is 2.13. The fourth-order valence-corrected chi connectivity index (χ4v) is 3.17. The van der Waals surface area contributed by atoms with Gasteiger partial charge in [0.25, 0.3) is 0 Å². The van der Waals surface area contributed by atoms with Crippen molar-refractivity contribution >= 4 is 12.7 Å². The standard InChI is InChI=1S/C22H27BO2/c1-16-11-7-9-13-18(16)20(19-14-10-8-12-17(19)2)15-23-24-21(3,4)22(5,6)25-23/h7-15H,1-6H3. The lowest BCUT2D eigenvalue weighted by Gasteiger charge is -2.32. The molecule has 3 heteroatoms. The first-order chi connectivity index (χ1) is 11.7. The Morgan fingerprint density at radius 3 is 1.56 bits per heavy atom. The molecule has 3 rings (SSSR count). The third kappa shape index (κ3) is 3.44. The summed E-state index contributed by atoms with van der Waals surface area (Å²) in [5, 5.41) is 0. The maximum Gasteiger partial charge on any atom is 0.487 e. The molecule has 0 unspecified atom stereocenters. The summed E-state index contributed by atoms with van der Waals surface area (Å²) in [7, 11) is -0.362. The summed E-state index contributed by atoms with van der Waals surface area (Å²) in [6, 6.07) is 16.9. The van der Waals surface area contributed by atoms with Crippen molar-refractivity contribution in [1.29, 1.82) is 0 Å². The predicted molar refractivity (Wildman–Crippen MR) is 106 cm³/mol. The van der Waals surface area contributed by atoms with Crippen molar-refractivity contribution in [3.8, 4) is 0 Å². The van der Waals surface area contributed by atoms with Gasteiger partial charge in [-0.05, 0) is 75.3 Å². The van der Waals surface area contributed by atoms with Gasteiger partial charge in [0.1, 0.15) is 0 Å². The van der Waals surface area contributed by atoms with Crippen LogP contribution >= 0.6 is 0 Å². The van der Waals surface area contributed by atoms with Crippen LogP contribution in [0.5, 0.6) is 0 Å². The van der Waals surface area contributed by atoms with E-state index in [1.165, 1.54) is 22.3 Å². The third-order valence-electron chi connectivity index (χ3n) is 5.44. The molecule has 2 aromatic carbocycles. The second-order valence-electron chi connectivity index (χ2n) is 7.83. The quantitative estimate of drug-likeness (QED) is 0.703. The van der Waals surface area contributed by atoms with E-state index in [1.807, 2.05) is 0 Å². The molecule has 0 radical (unpaired) electrons. The van der Waals surface area contributed by atoms with Crippen LogP contribution in [0.4, 0.5) is 0 Å². The van der Waals surface area contributed by atoms with E-state index >= 15 is 0 Å². The molecule has 0 N–H and O–H groups in total. The van der Waals surface area contributed by atoms with Gasteiger partial charge in [-0.15, -0.1) is 0 Å².